The largest absolute Gasteiger partial charge is 0.410 e. The first-order chi connectivity index (χ1) is 13.6. The highest BCUT2D eigenvalue weighted by Gasteiger charge is 2.46. The molecule has 1 aliphatic heterocycles. The summed E-state index contributed by atoms with van der Waals surface area (Å²) >= 11 is 0. The van der Waals surface area contributed by atoms with Crippen LogP contribution in [0.4, 0.5) is 28.2 Å². The molecule has 2 aliphatic rings. The molecule has 1 aliphatic carbocycles. The van der Waals surface area contributed by atoms with Gasteiger partial charge in [0, 0.05) is 12.7 Å². The number of nitrogens with zero attached hydrogens (tertiary/aromatic N) is 2. The highest BCUT2D eigenvalue weighted by Crippen LogP contribution is 2.28. The number of halogens is 4. The van der Waals surface area contributed by atoms with E-state index in [1.807, 2.05) is 5.32 Å². The molecule has 1 aromatic rings. The van der Waals surface area contributed by atoms with Crippen molar-refractivity contribution in [3.63, 3.8) is 0 Å². The van der Waals surface area contributed by atoms with Crippen molar-refractivity contribution in [2.75, 3.05) is 11.9 Å². The van der Waals surface area contributed by atoms with Gasteiger partial charge >= 0.3 is 12.2 Å². The quantitative estimate of drug-likeness (QED) is 0.640. The number of hydrogen-bond donors (Lipinski definition) is 3. The first-order valence-corrected chi connectivity index (χ1v) is 9.41. The van der Waals surface area contributed by atoms with Crippen LogP contribution < -0.4 is 16.4 Å². The van der Waals surface area contributed by atoms with Gasteiger partial charge in [-0.2, -0.15) is 13.2 Å². The first kappa shape index (κ1) is 21.3. The van der Waals surface area contributed by atoms with E-state index >= 15 is 0 Å². The average Bonchev–Trinajstić information content (AvgIpc) is 3.03. The topological polar surface area (TPSA) is 100 Å². The molecular formula is C18H23F4N5O2. The van der Waals surface area contributed by atoms with E-state index in [9.17, 15) is 27.2 Å². The molecule has 0 bridgehead atoms. The predicted molar refractivity (Wildman–Crippen MR) is 96.5 cm³/mol. The molecule has 2 fully saturated rings. The van der Waals surface area contributed by atoms with Crippen LogP contribution in [0, 0.1) is 5.92 Å². The van der Waals surface area contributed by atoms with E-state index in [0.29, 0.717) is 31.2 Å². The van der Waals surface area contributed by atoms with Gasteiger partial charge in [0.2, 0.25) is 5.91 Å². The third-order valence-electron chi connectivity index (χ3n) is 5.34. The van der Waals surface area contributed by atoms with Gasteiger partial charge in [-0.25, -0.2) is 14.2 Å². The van der Waals surface area contributed by atoms with Crippen LogP contribution in [0.15, 0.2) is 18.3 Å². The second kappa shape index (κ2) is 8.52. The third-order valence-corrected chi connectivity index (χ3v) is 5.34. The molecule has 1 saturated heterocycles. The molecule has 0 spiro atoms. The fourth-order valence-electron chi connectivity index (χ4n) is 3.63. The van der Waals surface area contributed by atoms with Gasteiger partial charge in [0.15, 0.2) is 0 Å². The summed E-state index contributed by atoms with van der Waals surface area (Å²) in [7, 11) is 0. The van der Waals surface area contributed by atoms with Gasteiger partial charge in [-0.05, 0) is 49.3 Å². The molecule has 4 N–H and O–H groups in total. The third kappa shape index (κ3) is 5.34. The van der Waals surface area contributed by atoms with E-state index in [-0.39, 0.29) is 18.3 Å². The van der Waals surface area contributed by atoms with E-state index in [4.69, 9.17) is 5.73 Å². The average molecular weight is 417 g/mol. The van der Waals surface area contributed by atoms with Crippen molar-refractivity contribution >= 4 is 17.8 Å². The Morgan fingerprint density at radius 3 is 2.66 bits per heavy atom. The lowest BCUT2D eigenvalue weighted by molar-refractivity contribution is -0.149. The monoisotopic (exact) mass is 417 g/mol. The van der Waals surface area contributed by atoms with Crippen LogP contribution in [0.2, 0.25) is 0 Å². The van der Waals surface area contributed by atoms with E-state index in [0.717, 1.165) is 4.90 Å². The van der Waals surface area contributed by atoms with Gasteiger partial charge in [0.05, 0.1) is 12.6 Å². The van der Waals surface area contributed by atoms with Crippen LogP contribution in [0.3, 0.4) is 0 Å². The zero-order valence-electron chi connectivity index (χ0n) is 15.6. The number of rotatable bonds is 5. The molecule has 3 rings (SSSR count). The van der Waals surface area contributed by atoms with Gasteiger partial charge in [-0.3, -0.25) is 4.79 Å². The first-order valence-electron chi connectivity index (χ1n) is 9.41. The van der Waals surface area contributed by atoms with E-state index in [1.165, 1.54) is 12.3 Å². The molecule has 2 atom stereocenters. The zero-order chi connectivity index (χ0) is 21.2. The molecule has 7 nitrogen and oxygen atoms in total. The van der Waals surface area contributed by atoms with Gasteiger partial charge in [0.25, 0.3) is 0 Å². The second-order valence-electron chi connectivity index (χ2n) is 7.50. The number of aromatic nitrogens is 1. The minimum absolute atomic E-state index is 0.0592. The highest BCUT2D eigenvalue weighted by atomic mass is 19.4. The van der Waals surface area contributed by atoms with Crippen LogP contribution in [0.25, 0.3) is 0 Å². The van der Waals surface area contributed by atoms with E-state index in [2.05, 4.69) is 10.3 Å². The summed E-state index contributed by atoms with van der Waals surface area (Å²) in [5, 5.41) is 4.49. The molecule has 29 heavy (non-hydrogen) atoms. The molecular weight excluding hydrogens is 394 g/mol. The van der Waals surface area contributed by atoms with Crippen molar-refractivity contribution in [3.05, 3.63) is 23.9 Å². The highest BCUT2D eigenvalue weighted by molar-refractivity contribution is 5.94. The maximum absolute atomic E-state index is 13.3. The molecule has 1 aromatic heterocycles. The minimum atomic E-state index is -4.51. The molecule has 1 saturated carbocycles. The van der Waals surface area contributed by atoms with Crippen LogP contribution in [0.1, 0.15) is 31.2 Å². The summed E-state index contributed by atoms with van der Waals surface area (Å²) in [6.07, 6.45) is -2.13. The smallest absolute Gasteiger partial charge is 0.324 e. The molecule has 0 radical (unpaired) electrons. The predicted octanol–water partition coefficient (Wildman–Crippen LogP) is 2.33. The van der Waals surface area contributed by atoms with Crippen molar-refractivity contribution < 1.29 is 27.2 Å². The zero-order valence-corrected chi connectivity index (χ0v) is 15.6. The number of nitrogens with two attached hydrogens (primary N) is 1. The molecule has 11 heteroatoms. The molecule has 2 heterocycles. The van der Waals surface area contributed by atoms with Crippen LogP contribution in [-0.2, 0) is 11.3 Å². The van der Waals surface area contributed by atoms with Crippen LogP contribution >= 0.6 is 0 Å². The fourth-order valence-corrected chi connectivity index (χ4v) is 3.63. The SMILES string of the molecule is NC(C(=O)Nc1cc(CN2C[C@@H](C(F)(F)F)NC2=O)ccn1)C1CCC(F)CC1. The van der Waals surface area contributed by atoms with E-state index in [1.54, 1.807) is 6.07 Å². The number of amides is 3. The van der Waals surface area contributed by atoms with Crippen molar-refractivity contribution in [1.82, 2.24) is 15.2 Å². The number of hydrogen-bond acceptors (Lipinski definition) is 4. The normalized spacial score (nSPS) is 26.2. The Labute approximate surface area is 165 Å². The Hall–Kier alpha value is -2.43. The molecule has 160 valence electrons. The molecule has 0 aromatic carbocycles. The van der Waals surface area contributed by atoms with Gasteiger partial charge < -0.3 is 21.3 Å². The lowest BCUT2D eigenvalue weighted by Gasteiger charge is -2.28. The number of alkyl halides is 4. The van der Waals surface area contributed by atoms with Gasteiger partial charge in [-0.15, -0.1) is 0 Å². The fraction of sp³-hybridized carbons (Fsp3) is 0.611. The summed E-state index contributed by atoms with van der Waals surface area (Å²) in [6, 6.07) is -0.484. The van der Waals surface area contributed by atoms with Crippen molar-refractivity contribution in [2.45, 2.75) is 56.7 Å². The standard InChI is InChI=1S/C18H23F4N5O2/c19-12-3-1-11(2-4-12)15(23)16(28)26-14-7-10(5-6-24-14)8-27-9-13(18(20,21)22)25-17(27)29/h5-7,11-13,15H,1-4,8-9,23H2,(H,25,29)(H,24,26,28)/t11?,12?,13-,15?/m0/s1. The molecule has 3 amide bonds. The number of pyridine rings is 1. The summed E-state index contributed by atoms with van der Waals surface area (Å²) in [5.74, 6) is -0.375. The maximum atomic E-state index is 13.3. The summed E-state index contributed by atoms with van der Waals surface area (Å²) in [5.41, 5.74) is 6.51. The molecule has 1 unspecified atom stereocenters. The summed E-state index contributed by atoms with van der Waals surface area (Å²) in [6.45, 7) is -0.551. The Bertz CT molecular complexity index is 752. The van der Waals surface area contributed by atoms with Crippen molar-refractivity contribution in [1.29, 1.82) is 0 Å². The van der Waals surface area contributed by atoms with Crippen molar-refractivity contribution in [3.8, 4) is 0 Å². The number of anilines is 1. The Balaban J connectivity index is 1.58. The number of urea groups is 1. The lowest BCUT2D eigenvalue weighted by Crippen LogP contribution is -2.43. The number of carbonyl (C=O) groups is 2. The van der Waals surface area contributed by atoms with Crippen molar-refractivity contribution in [2.24, 2.45) is 11.7 Å². The second-order valence-corrected chi connectivity index (χ2v) is 7.50. The number of nitrogens with one attached hydrogen (secondary N) is 2. The minimum Gasteiger partial charge on any atom is -0.324 e. The van der Waals surface area contributed by atoms with Gasteiger partial charge in [0.1, 0.15) is 18.0 Å². The Morgan fingerprint density at radius 2 is 2.03 bits per heavy atom. The van der Waals surface area contributed by atoms with Crippen LogP contribution in [0.5, 0.6) is 0 Å². The Kier molecular flexibility index (Phi) is 6.25. The van der Waals surface area contributed by atoms with Crippen LogP contribution in [-0.4, -0.2) is 52.8 Å². The van der Waals surface area contributed by atoms with Gasteiger partial charge in [-0.1, -0.05) is 0 Å². The van der Waals surface area contributed by atoms with E-state index < -0.39 is 42.9 Å². The maximum Gasteiger partial charge on any atom is 0.410 e. The summed E-state index contributed by atoms with van der Waals surface area (Å²) in [4.78, 5) is 29.2. The lowest BCUT2D eigenvalue weighted by atomic mass is 9.83. The Morgan fingerprint density at radius 1 is 1.34 bits per heavy atom. The summed E-state index contributed by atoms with van der Waals surface area (Å²) < 4.78 is 51.6. The number of carbonyl (C=O) groups excluding carboxylic acids is 2.